The summed E-state index contributed by atoms with van der Waals surface area (Å²) in [4.78, 5) is 16.8. The summed E-state index contributed by atoms with van der Waals surface area (Å²) >= 11 is 0. The number of benzene rings is 16. The van der Waals surface area contributed by atoms with Crippen LogP contribution in [0.5, 0.6) is 0 Å². The molecule has 23 rings (SSSR count). The van der Waals surface area contributed by atoms with Gasteiger partial charge in [-0.15, -0.1) is 0 Å². The predicted molar refractivity (Wildman–Crippen MR) is 448 cm³/mol. The van der Waals surface area contributed by atoms with E-state index in [0.717, 1.165) is 149 Å². The van der Waals surface area contributed by atoms with E-state index in [2.05, 4.69) is 391 Å². The molecule has 0 bridgehead atoms. The molecule has 0 spiro atoms. The van der Waals surface area contributed by atoms with Gasteiger partial charge >= 0.3 is 0 Å². The molecule has 0 unspecified atom stereocenters. The molecule has 0 radical (unpaired) electrons. The first-order valence-electron chi connectivity index (χ1n) is 36.8. The Hall–Kier alpha value is -14.7. The number of nitrogens with zero attached hydrogens (tertiary/aromatic N) is 9. The zero-order valence-electron chi connectivity index (χ0n) is 58.2. The molecule has 7 aromatic heterocycles. The highest BCUT2D eigenvalue weighted by atomic mass is 15.1. The molecule has 0 aliphatic rings. The van der Waals surface area contributed by atoms with Gasteiger partial charge in [0.05, 0.1) is 83.3 Å². The maximum atomic E-state index is 5.71. The van der Waals surface area contributed by atoms with E-state index in [-0.39, 0.29) is 0 Å². The highest BCUT2D eigenvalue weighted by Crippen LogP contribution is 2.47. The second kappa shape index (κ2) is 23.4. The molecule has 0 aliphatic heterocycles. The van der Waals surface area contributed by atoms with E-state index < -0.39 is 0 Å². The Morgan fingerprint density at radius 1 is 0.148 bits per heavy atom. The standard InChI is InChI=1S/C99H61N9/c1-3-26-62(27-4-1)97-100-98(65-28-25-31-68(56-65)104-82-41-16-7-32-70(82)71-33-8-17-42-83(71)104)102-99(101-97)66-59-94(106-86-45-20-10-34-72(86)73-35-11-21-46-87(73)106)96(95(60-66)107-88-47-22-12-36-74(88)75-37-13-23-48-89(75)107)108-90-49-24-15-40-78(90)81-61-69(52-55-92(81)108)105-84-43-18-9-38-76(84)79-53-50-64(58-93(79)105)63-51-54-91-80(57-63)77-39-14-19-44-85(77)103(91)67-29-5-2-6-30-67/h1-61H. The van der Waals surface area contributed by atoms with Crippen molar-refractivity contribution in [1.29, 1.82) is 0 Å². The minimum atomic E-state index is 0.536. The molecule has 0 atom stereocenters. The molecule has 502 valence electrons. The molecule has 0 saturated carbocycles. The largest absolute Gasteiger partial charge is 0.309 e. The van der Waals surface area contributed by atoms with Gasteiger partial charge in [0.15, 0.2) is 17.5 Å². The first kappa shape index (κ1) is 59.8. The van der Waals surface area contributed by atoms with Crippen molar-refractivity contribution in [2.75, 3.05) is 0 Å². The zero-order chi connectivity index (χ0) is 70.7. The van der Waals surface area contributed by atoms with Crippen LogP contribution in [-0.4, -0.2) is 42.4 Å². The van der Waals surface area contributed by atoms with Gasteiger partial charge in [-0.25, -0.2) is 15.0 Å². The summed E-state index contributed by atoms with van der Waals surface area (Å²) in [6.45, 7) is 0. The Morgan fingerprint density at radius 3 is 0.944 bits per heavy atom. The predicted octanol–water partition coefficient (Wildman–Crippen LogP) is 25.1. The smallest absolute Gasteiger partial charge is 0.164 e. The van der Waals surface area contributed by atoms with Crippen molar-refractivity contribution in [1.82, 2.24) is 42.4 Å². The van der Waals surface area contributed by atoms with Gasteiger partial charge in [-0.05, 0) is 139 Å². The van der Waals surface area contributed by atoms with Crippen molar-refractivity contribution >= 4 is 131 Å². The highest BCUT2D eigenvalue weighted by molar-refractivity contribution is 6.17. The van der Waals surface area contributed by atoms with Crippen molar-refractivity contribution in [3.05, 3.63) is 370 Å². The summed E-state index contributed by atoms with van der Waals surface area (Å²) < 4.78 is 14.7. The van der Waals surface area contributed by atoms with Crippen LogP contribution in [0.2, 0.25) is 0 Å². The molecule has 0 fully saturated rings. The molecule has 0 saturated heterocycles. The molecule has 23 aromatic rings. The van der Waals surface area contributed by atoms with Gasteiger partial charge in [-0.3, -0.25) is 0 Å². The Kier molecular flexibility index (Phi) is 13.0. The van der Waals surface area contributed by atoms with Crippen molar-refractivity contribution in [2.24, 2.45) is 0 Å². The Morgan fingerprint density at radius 2 is 0.454 bits per heavy atom. The number of fused-ring (bicyclic) bond motifs is 18. The van der Waals surface area contributed by atoms with E-state index in [0.29, 0.717) is 17.5 Å². The Balaban J connectivity index is 0.788. The van der Waals surface area contributed by atoms with Gasteiger partial charge in [-0.1, -0.05) is 243 Å². The number of rotatable bonds is 10. The molecule has 0 amide bonds. The van der Waals surface area contributed by atoms with Crippen LogP contribution in [0.1, 0.15) is 0 Å². The first-order chi connectivity index (χ1) is 53.6. The van der Waals surface area contributed by atoms with E-state index in [4.69, 9.17) is 15.0 Å². The van der Waals surface area contributed by atoms with Gasteiger partial charge in [0.2, 0.25) is 0 Å². The van der Waals surface area contributed by atoms with Gasteiger partial charge in [0.1, 0.15) is 0 Å². The molecule has 108 heavy (non-hydrogen) atoms. The second-order valence-corrected chi connectivity index (χ2v) is 28.3. The SMILES string of the molecule is c1ccc(-c2nc(-c3cccc(-n4c5ccccc5c5ccccc54)c3)nc(-c3cc(-n4c5ccccc5c5ccccc54)c(-n4c5ccccc5c5cc(-n6c7ccccc7c7ccc(-c8ccc9c(c8)c8ccccc8n9-c8ccccc8)cc76)ccc54)c(-n4c5ccccc5c5ccccc54)c3)n2)cc1. The lowest BCUT2D eigenvalue weighted by Crippen LogP contribution is -2.10. The second-order valence-electron chi connectivity index (χ2n) is 28.3. The minimum absolute atomic E-state index is 0.536. The first-order valence-corrected chi connectivity index (χ1v) is 36.8. The van der Waals surface area contributed by atoms with Gasteiger partial charge in [-0.2, -0.15) is 0 Å². The fraction of sp³-hybridized carbons (Fsp3) is 0. The van der Waals surface area contributed by atoms with E-state index in [1.54, 1.807) is 0 Å². The highest BCUT2D eigenvalue weighted by Gasteiger charge is 2.29. The third-order valence-electron chi connectivity index (χ3n) is 22.4. The summed E-state index contributed by atoms with van der Waals surface area (Å²) in [5.41, 5.74) is 24.3. The molecular formula is C99H61N9. The van der Waals surface area contributed by atoms with E-state index >= 15 is 0 Å². The van der Waals surface area contributed by atoms with Crippen LogP contribution in [0.25, 0.3) is 210 Å². The Bertz CT molecular complexity index is 7390. The third-order valence-corrected chi connectivity index (χ3v) is 22.4. The van der Waals surface area contributed by atoms with E-state index in [9.17, 15) is 0 Å². The van der Waals surface area contributed by atoms with E-state index in [1.807, 2.05) is 6.07 Å². The quantitative estimate of drug-likeness (QED) is 0.137. The summed E-state index contributed by atoms with van der Waals surface area (Å²) in [6.07, 6.45) is 0. The lowest BCUT2D eigenvalue weighted by Gasteiger charge is -2.23. The molecule has 7 heterocycles. The lowest BCUT2D eigenvalue weighted by molar-refractivity contribution is 1.04. The van der Waals surface area contributed by atoms with Crippen LogP contribution < -0.4 is 0 Å². The van der Waals surface area contributed by atoms with Crippen molar-refractivity contribution in [3.63, 3.8) is 0 Å². The minimum Gasteiger partial charge on any atom is -0.309 e. The van der Waals surface area contributed by atoms with Crippen LogP contribution in [0.15, 0.2) is 370 Å². The number of para-hydroxylation sites is 10. The summed E-state index contributed by atoms with van der Waals surface area (Å²) in [7, 11) is 0. The molecule has 0 aliphatic carbocycles. The van der Waals surface area contributed by atoms with Crippen LogP contribution >= 0.6 is 0 Å². The molecule has 9 nitrogen and oxygen atoms in total. The summed E-state index contributed by atoms with van der Waals surface area (Å²) in [5, 5.41) is 14.1. The van der Waals surface area contributed by atoms with Crippen molar-refractivity contribution in [2.45, 2.75) is 0 Å². The lowest BCUT2D eigenvalue weighted by atomic mass is 10.0. The van der Waals surface area contributed by atoms with Gasteiger partial charge < -0.3 is 27.4 Å². The van der Waals surface area contributed by atoms with Gasteiger partial charge in [0, 0.05) is 98.4 Å². The normalized spacial score (nSPS) is 12.1. The van der Waals surface area contributed by atoms with Crippen LogP contribution in [-0.2, 0) is 0 Å². The zero-order valence-corrected chi connectivity index (χ0v) is 58.2. The topological polar surface area (TPSA) is 68.2 Å². The fourth-order valence-corrected chi connectivity index (χ4v) is 17.8. The fourth-order valence-electron chi connectivity index (χ4n) is 17.8. The number of hydrogen-bond acceptors (Lipinski definition) is 3. The van der Waals surface area contributed by atoms with Crippen molar-refractivity contribution < 1.29 is 0 Å². The number of hydrogen-bond donors (Lipinski definition) is 0. The van der Waals surface area contributed by atoms with Crippen LogP contribution in [0.4, 0.5) is 0 Å². The van der Waals surface area contributed by atoms with Crippen LogP contribution in [0, 0.1) is 0 Å². The maximum Gasteiger partial charge on any atom is 0.164 e. The van der Waals surface area contributed by atoms with Gasteiger partial charge in [0.25, 0.3) is 0 Å². The Labute approximate surface area is 618 Å². The maximum absolute atomic E-state index is 5.71. The summed E-state index contributed by atoms with van der Waals surface area (Å²) in [5.74, 6) is 1.67. The third kappa shape index (κ3) is 8.90. The molecule has 16 aromatic carbocycles. The average molecular weight is 1380 g/mol. The number of aromatic nitrogens is 9. The molecular weight excluding hydrogens is 1320 g/mol. The average Bonchev–Trinajstić information content (AvgIpc) is 1.53. The van der Waals surface area contributed by atoms with Crippen molar-refractivity contribution in [3.8, 4) is 79.4 Å². The molecule has 9 heteroatoms. The van der Waals surface area contributed by atoms with E-state index in [1.165, 1.54) is 43.4 Å². The monoisotopic (exact) mass is 1380 g/mol. The summed E-state index contributed by atoms with van der Waals surface area (Å²) in [6, 6.07) is 135. The molecule has 0 N–H and O–H groups in total. The van der Waals surface area contributed by atoms with Crippen LogP contribution in [0.3, 0.4) is 0 Å².